The molecule has 0 unspecified atom stereocenters. The van der Waals surface area contributed by atoms with Crippen LogP contribution < -0.4 is 5.32 Å². The Kier molecular flexibility index (Phi) is 4.14. The molecule has 120 valence electrons. The van der Waals surface area contributed by atoms with Crippen LogP contribution in [0.2, 0.25) is 0 Å². The monoisotopic (exact) mass is 313 g/mol. The predicted octanol–water partition coefficient (Wildman–Crippen LogP) is 2.71. The molecule has 1 aliphatic rings. The number of amides is 1. The van der Waals surface area contributed by atoms with Crippen LogP contribution in [0.25, 0.3) is 5.69 Å². The van der Waals surface area contributed by atoms with Gasteiger partial charge in [0.25, 0.3) is 0 Å². The highest BCUT2D eigenvalue weighted by molar-refractivity contribution is 5.94. The number of carbonyl (C=O) groups excluding carboxylic acids is 2. The van der Waals surface area contributed by atoms with E-state index in [2.05, 4.69) is 10.4 Å². The molecule has 1 aliphatic carbocycles. The van der Waals surface area contributed by atoms with E-state index >= 15 is 0 Å². The first-order valence-electron chi connectivity index (χ1n) is 7.73. The molecule has 2 aromatic rings. The standard InChI is InChI=1S/C17H19N3O3/c1-3-23-17(22)15-10-18-20(11(15)2)14-8-6-13(7-9-14)19-16(21)12-4-5-12/h6-10,12H,3-5H2,1-2H3,(H,19,21). The van der Waals surface area contributed by atoms with Crippen molar-refractivity contribution in [2.75, 3.05) is 11.9 Å². The molecular formula is C17H19N3O3. The van der Waals surface area contributed by atoms with Crippen molar-refractivity contribution in [1.82, 2.24) is 9.78 Å². The number of hydrogen-bond acceptors (Lipinski definition) is 4. The molecular weight excluding hydrogens is 294 g/mol. The number of carbonyl (C=O) groups is 2. The van der Waals surface area contributed by atoms with Gasteiger partial charge in [-0.3, -0.25) is 4.79 Å². The summed E-state index contributed by atoms with van der Waals surface area (Å²) in [6, 6.07) is 7.39. The normalized spacial score (nSPS) is 13.7. The molecule has 23 heavy (non-hydrogen) atoms. The highest BCUT2D eigenvalue weighted by Crippen LogP contribution is 2.30. The molecule has 6 heteroatoms. The summed E-state index contributed by atoms with van der Waals surface area (Å²) in [4.78, 5) is 23.6. The van der Waals surface area contributed by atoms with E-state index in [4.69, 9.17) is 4.74 Å². The van der Waals surface area contributed by atoms with E-state index in [0.29, 0.717) is 12.2 Å². The second-order valence-electron chi connectivity index (χ2n) is 5.59. The van der Waals surface area contributed by atoms with E-state index < -0.39 is 0 Å². The molecule has 0 aliphatic heterocycles. The van der Waals surface area contributed by atoms with Gasteiger partial charge in [-0.1, -0.05) is 0 Å². The van der Waals surface area contributed by atoms with Gasteiger partial charge in [0.1, 0.15) is 5.56 Å². The van der Waals surface area contributed by atoms with Gasteiger partial charge in [0.2, 0.25) is 5.91 Å². The molecule has 1 fully saturated rings. The van der Waals surface area contributed by atoms with Crippen LogP contribution in [0.15, 0.2) is 30.5 Å². The van der Waals surface area contributed by atoms with E-state index in [9.17, 15) is 9.59 Å². The molecule has 1 aromatic carbocycles. The number of nitrogens with zero attached hydrogens (tertiary/aromatic N) is 2. The fraction of sp³-hybridized carbons (Fsp3) is 0.353. The number of aromatic nitrogens is 2. The Labute approximate surface area is 134 Å². The Morgan fingerprint density at radius 2 is 2.00 bits per heavy atom. The number of benzene rings is 1. The maximum atomic E-state index is 11.8. The molecule has 1 heterocycles. The quantitative estimate of drug-likeness (QED) is 0.861. The zero-order chi connectivity index (χ0) is 16.4. The fourth-order valence-corrected chi connectivity index (χ4v) is 2.35. The van der Waals surface area contributed by atoms with Gasteiger partial charge in [-0.15, -0.1) is 0 Å². The van der Waals surface area contributed by atoms with Crippen molar-refractivity contribution in [3.05, 3.63) is 41.7 Å². The molecule has 1 N–H and O–H groups in total. The Morgan fingerprint density at radius 1 is 1.30 bits per heavy atom. The maximum absolute atomic E-state index is 11.8. The van der Waals surface area contributed by atoms with E-state index in [-0.39, 0.29) is 17.8 Å². The molecule has 1 amide bonds. The minimum absolute atomic E-state index is 0.0811. The van der Waals surface area contributed by atoms with E-state index in [1.807, 2.05) is 31.2 Å². The minimum Gasteiger partial charge on any atom is -0.462 e. The van der Waals surface area contributed by atoms with Crippen molar-refractivity contribution in [3.63, 3.8) is 0 Å². The average molecular weight is 313 g/mol. The van der Waals surface area contributed by atoms with E-state index in [1.54, 1.807) is 11.6 Å². The van der Waals surface area contributed by atoms with Gasteiger partial charge >= 0.3 is 5.97 Å². The van der Waals surface area contributed by atoms with Gasteiger partial charge in [0.05, 0.1) is 24.2 Å². The molecule has 0 radical (unpaired) electrons. The average Bonchev–Trinajstić information content (AvgIpc) is 3.32. The lowest BCUT2D eigenvalue weighted by atomic mass is 10.2. The highest BCUT2D eigenvalue weighted by atomic mass is 16.5. The topological polar surface area (TPSA) is 73.2 Å². The first-order valence-corrected chi connectivity index (χ1v) is 7.73. The zero-order valence-corrected chi connectivity index (χ0v) is 13.2. The molecule has 0 saturated heterocycles. The van der Waals surface area contributed by atoms with Crippen LogP contribution in [-0.2, 0) is 9.53 Å². The minimum atomic E-state index is -0.371. The zero-order valence-electron chi connectivity index (χ0n) is 13.2. The van der Waals surface area contributed by atoms with E-state index in [0.717, 1.165) is 29.9 Å². The van der Waals surface area contributed by atoms with Crippen molar-refractivity contribution in [1.29, 1.82) is 0 Å². The highest BCUT2D eigenvalue weighted by Gasteiger charge is 2.29. The summed E-state index contributed by atoms with van der Waals surface area (Å²) >= 11 is 0. The summed E-state index contributed by atoms with van der Waals surface area (Å²) in [6.45, 7) is 3.92. The van der Waals surface area contributed by atoms with Crippen LogP contribution in [0, 0.1) is 12.8 Å². The van der Waals surface area contributed by atoms with Crippen molar-refractivity contribution in [2.24, 2.45) is 5.92 Å². The molecule has 3 rings (SSSR count). The molecule has 1 saturated carbocycles. The smallest absolute Gasteiger partial charge is 0.341 e. The number of hydrogen-bond donors (Lipinski definition) is 1. The summed E-state index contributed by atoms with van der Waals surface area (Å²) in [5, 5.41) is 7.14. The van der Waals surface area contributed by atoms with Crippen LogP contribution in [0.4, 0.5) is 5.69 Å². The molecule has 6 nitrogen and oxygen atoms in total. The summed E-state index contributed by atoms with van der Waals surface area (Å²) in [6.07, 6.45) is 3.47. The van der Waals surface area contributed by atoms with Crippen molar-refractivity contribution >= 4 is 17.6 Å². The van der Waals surface area contributed by atoms with Gasteiger partial charge in [0.15, 0.2) is 0 Å². The van der Waals surface area contributed by atoms with Crippen molar-refractivity contribution in [3.8, 4) is 5.69 Å². The lowest BCUT2D eigenvalue weighted by molar-refractivity contribution is -0.117. The number of nitrogens with one attached hydrogen (secondary N) is 1. The SMILES string of the molecule is CCOC(=O)c1cnn(-c2ccc(NC(=O)C3CC3)cc2)c1C. The summed E-state index contributed by atoms with van der Waals surface area (Å²) in [7, 11) is 0. The Balaban J connectivity index is 1.76. The number of anilines is 1. The van der Waals surface area contributed by atoms with Gasteiger partial charge in [-0.25, -0.2) is 9.48 Å². The number of esters is 1. The fourth-order valence-electron chi connectivity index (χ4n) is 2.35. The van der Waals surface area contributed by atoms with Crippen LogP contribution >= 0.6 is 0 Å². The molecule has 0 bridgehead atoms. The largest absolute Gasteiger partial charge is 0.462 e. The third-order valence-electron chi connectivity index (χ3n) is 3.83. The van der Waals surface area contributed by atoms with E-state index in [1.165, 1.54) is 6.20 Å². The second-order valence-corrected chi connectivity index (χ2v) is 5.59. The van der Waals surface area contributed by atoms with Crippen LogP contribution in [0.1, 0.15) is 35.8 Å². The summed E-state index contributed by atoms with van der Waals surface area (Å²) in [5.41, 5.74) is 2.76. The molecule has 0 spiro atoms. The number of ether oxygens (including phenoxy) is 1. The van der Waals surface area contributed by atoms with Gasteiger partial charge in [-0.2, -0.15) is 5.10 Å². The lowest BCUT2D eigenvalue weighted by Crippen LogP contribution is -2.13. The first kappa shape index (κ1) is 15.3. The van der Waals surface area contributed by atoms with Crippen molar-refractivity contribution < 1.29 is 14.3 Å². The predicted molar refractivity (Wildman–Crippen MR) is 85.6 cm³/mol. The Bertz CT molecular complexity index is 730. The Hall–Kier alpha value is -2.63. The number of rotatable bonds is 5. The summed E-state index contributed by atoms with van der Waals surface area (Å²) in [5.74, 6) is -0.114. The van der Waals surface area contributed by atoms with Crippen molar-refractivity contribution in [2.45, 2.75) is 26.7 Å². The third kappa shape index (κ3) is 3.26. The summed E-state index contributed by atoms with van der Waals surface area (Å²) < 4.78 is 6.69. The van der Waals surface area contributed by atoms with Gasteiger partial charge in [0, 0.05) is 11.6 Å². The maximum Gasteiger partial charge on any atom is 0.341 e. The first-order chi connectivity index (χ1) is 11.1. The van der Waals surface area contributed by atoms with Crippen LogP contribution in [0.5, 0.6) is 0 Å². The second kappa shape index (κ2) is 6.24. The third-order valence-corrected chi connectivity index (χ3v) is 3.83. The van der Waals surface area contributed by atoms with Gasteiger partial charge in [-0.05, 0) is 51.0 Å². The lowest BCUT2D eigenvalue weighted by Gasteiger charge is -2.08. The van der Waals surface area contributed by atoms with Crippen LogP contribution in [-0.4, -0.2) is 28.3 Å². The molecule has 0 atom stereocenters. The molecule has 1 aromatic heterocycles. The Morgan fingerprint density at radius 3 is 2.61 bits per heavy atom. The van der Waals surface area contributed by atoms with Gasteiger partial charge < -0.3 is 10.1 Å². The van der Waals surface area contributed by atoms with Crippen LogP contribution in [0.3, 0.4) is 0 Å².